The molecule has 0 spiro atoms. The molecule has 0 aromatic heterocycles. The van der Waals surface area contributed by atoms with Crippen molar-refractivity contribution in [3.8, 4) is 5.75 Å². The maximum atomic E-state index is 12.0. The molecule has 4 heteroatoms. The quantitative estimate of drug-likeness (QED) is 0.858. The lowest BCUT2D eigenvalue weighted by atomic mass is 10.0. The third-order valence-corrected chi connectivity index (χ3v) is 3.71. The molecule has 1 atom stereocenters. The van der Waals surface area contributed by atoms with Gasteiger partial charge >= 0.3 is 0 Å². The average Bonchev–Trinajstić information content (AvgIpc) is 2.38. The molecule has 0 bridgehead atoms. The first kappa shape index (κ1) is 13.4. The zero-order chi connectivity index (χ0) is 13.0. The van der Waals surface area contributed by atoms with E-state index in [1.807, 2.05) is 29.2 Å². The minimum Gasteiger partial charge on any atom is -0.484 e. The smallest absolute Gasteiger partial charge is 0.260 e. The summed E-state index contributed by atoms with van der Waals surface area (Å²) in [6.45, 7) is 4.05. The van der Waals surface area contributed by atoms with E-state index in [0.29, 0.717) is 5.92 Å². The fraction of sp³-hybridized carbons (Fsp3) is 0.500. The van der Waals surface area contributed by atoms with Crippen molar-refractivity contribution in [2.24, 2.45) is 5.92 Å². The minimum atomic E-state index is 0.0875. The fourth-order valence-corrected chi connectivity index (χ4v) is 2.45. The standard InChI is InChI=1S/C14H18BrNO2/c1-11-3-2-8-16(9-11)14(17)10-18-13-6-4-12(15)5-7-13/h4-7,11H,2-3,8-10H2,1H3/t11-/m1/s1. The molecule has 1 aromatic carbocycles. The highest BCUT2D eigenvalue weighted by atomic mass is 79.9. The predicted octanol–water partition coefficient (Wildman–Crippen LogP) is 3.09. The zero-order valence-electron chi connectivity index (χ0n) is 10.6. The van der Waals surface area contributed by atoms with Gasteiger partial charge in [-0.05, 0) is 43.0 Å². The lowest BCUT2D eigenvalue weighted by Gasteiger charge is -2.30. The number of nitrogens with zero attached hydrogens (tertiary/aromatic N) is 1. The number of rotatable bonds is 3. The number of benzene rings is 1. The van der Waals surface area contributed by atoms with E-state index < -0.39 is 0 Å². The van der Waals surface area contributed by atoms with Crippen LogP contribution in [0.3, 0.4) is 0 Å². The van der Waals surface area contributed by atoms with E-state index in [1.165, 1.54) is 6.42 Å². The summed E-state index contributed by atoms with van der Waals surface area (Å²) in [7, 11) is 0. The van der Waals surface area contributed by atoms with Crippen LogP contribution in [0.4, 0.5) is 0 Å². The van der Waals surface area contributed by atoms with Crippen LogP contribution in [0.15, 0.2) is 28.7 Å². The molecule has 18 heavy (non-hydrogen) atoms. The molecule has 1 aliphatic heterocycles. The predicted molar refractivity (Wildman–Crippen MR) is 74.6 cm³/mol. The van der Waals surface area contributed by atoms with Gasteiger partial charge in [0.1, 0.15) is 5.75 Å². The number of amides is 1. The number of piperidine rings is 1. The van der Waals surface area contributed by atoms with Crippen LogP contribution in [0, 0.1) is 5.92 Å². The highest BCUT2D eigenvalue weighted by Crippen LogP contribution is 2.18. The van der Waals surface area contributed by atoms with Crippen LogP contribution < -0.4 is 4.74 Å². The van der Waals surface area contributed by atoms with Gasteiger partial charge in [-0.1, -0.05) is 22.9 Å². The van der Waals surface area contributed by atoms with E-state index in [4.69, 9.17) is 4.74 Å². The number of carbonyl (C=O) groups excluding carboxylic acids is 1. The Hall–Kier alpha value is -1.03. The molecule has 0 aliphatic carbocycles. The summed E-state index contributed by atoms with van der Waals surface area (Å²) in [4.78, 5) is 13.9. The van der Waals surface area contributed by atoms with Crippen LogP contribution in [-0.2, 0) is 4.79 Å². The second-order valence-electron chi connectivity index (χ2n) is 4.83. The lowest BCUT2D eigenvalue weighted by Crippen LogP contribution is -2.41. The van der Waals surface area contributed by atoms with Crippen molar-refractivity contribution < 1.29 is 9.53 Å². The number of carbonyl (C=O) groups is 1. The fourth-order valence-electron chi connectivity index (χ4n) is 2.18. The Morgan fingerprint density at radius 2 is 2.17 bits per heavy atom. The molecule has 1 aliphatic rings. The Morgan fingerprint density at radius 1 is 1.44 bits per heavy atom. The molecular weight excluding hydrogens is 294 g/mol. The Bertz CT molecular complexity index is 405. The highest BCUT2D eigenvalue weighted by Gasteiger charge is 2.20. The van der Waals surface area contributed by atoms with Crippen molar-refractivity contribution in [1.82, 2.24) is 4.90 Å². The first-order valence-electron chi connectivity index (χ1n) is 6.31. The SMILES string of the molecule is C[C@@H]1CCCN(C(=O)COc2ccc(Br)cc2)C1. The summed E-state index contributed by atoms with van der Waals surface area (Å²) >= 11 is 3.36. The van der Waals surface area contributed by atoms with E-state index in [2.05, 4.69) is 22.9 Å². The number of halogens is 1. The van der Waals surface area contributed by atoms with Crippen molar-refractivity contribution in [1.29, 1.82) is 0 Å². The number of hydrogen-bond acceptors (Lipinski definition) is 2. The Balaban J connectivity index is 1.82. The van der Waals surface area contributed by atoms with Crippen molar-refractivity contribution >= 4 is 21.8 Å². The molecule has 3 nitrogen and oxygen atoms in total. The highest BCUT2D eigenvalue weighted by molar-refractivity contribution is 9.10. The second kappa shape index (κ2) is 6.23. The summed E-state index contributed by atoms with van der Waals surface area (Å²) in [5.41, 5.74) is 0. The van der Waals surface area contributed by atoms with Gasteiger partial charge in [0.25, 0.3) is 5.91 Å². The van der Waals surface area contributed by atoms with Gasteiger partial charge < -0.3 is 9.64 Å². The molecule has 1 amide bonds. The van der Waals surface area contributed by atoms with Crippen LogP contribution in [-0.4, -0.2) is 30.5 Å². The zero-order valence-corrected chi connectivity index (χ0v) is 12.1. The molecule has 0 unspecified atom stereocenters. The number of hydrogen-bond donors (Lipinski definition) is 0. The van der Waals surface area contributed by atoms with E-state index in [-0.39, 0.29) is 12.5 Å². The molecular formula is C14H18BrNO2. The Kier molecular flexibility index (Phi) is 4.64. The van der Waals surface area contributed by atoms with Gasteiger partial charge in [-0.3, -0.25) is 4.79 Å². The Labute approximate surface area is 116 Å². The largest absolute Gasteiger partial charge is 0.484 e. The molecule has 0 N–H and O–H groups in total. The monoisotopic (exact) mass is 311 g/mol. The number of likely N-dealkylation sites (tertiary alicyclic amines) is 1. The molecule has 2 rings (SSSR count). The molecule has 98 valence electrons. The summed E-state index contributed by atoms with van der Waals surface area (Å²) in [5.74, 6) is 1.43. The van der Waals surface area contributed by atoms with Crippen molar-refractivity contribution in [3.05, 3.63) is 28.7 Å². The van der Waals surface area contributed by atoms with Gasteiger partial charge in [0.2, 0.25) is 0 Å². The molecule has 1 fully saturated rings. The summed E-state index contributed by atoms with van der Waals surface area (Å²) in [5, 5.41) is 0. The van der Waals surface area contributed by atoms with Crippen molar-refractivity contribution in [2.45, 2.75) is 19.8 Å². The minimum absolute atomic E-state index is 0.0875. The van der Waals surface area contributed by atoms with Gasteiger partial charge in [0, 0.05) is 17.6 Å². The topological polar surface area (TPSA) is 29.5 Å². The third kappa shape index (κ3) is 3.73. The van der Waals surface area contributed by atoms with Crippen LogP contribution in [0.5, 0.6) is 5.75 Å². The van der Waals surface area contributed by atoms with Crippen molar-refractivity contribution in [2.75, 3.05) is 19.7 Å². The van der Waals surface area contributed by atoms with Gasteiger partial charge in [-0.2, -0.15) is 0 Å². The summed E-state index contributed by atoms with van der Waals surface area (Å²) in [6, 6.07) is 7.53. The lowest BCUT2D eigenvalue weighted by molar-refractivity contribution is -0.135. The first-order valence-corrected chi connectivity index (χ1v) is 7.10. The maximum absolute atomic E-state index is 12.0. The summed E-state index contributed by atoms with van der Waals surface area (Å²) < 4.78 is 6.50. The average molecular weight is 312 g/mol. The molecule has 0 saturated carbocycles. The van der Waals surface area contributed by atoms with Gasteiger partial charge in [-0.25, -0.2) is 0 Å². The third-order valence-electron chi connectivity index (χ3n) is 3.19. The van der Waals surface area contributed by atoms with Crippen LogP contribution in [0.25, 0.3) is 0 Å². The van der Waals surface area contributed by atoms with Crippen molar-refractivity contribution in [3.63, 3.8) is 0 Å². The van der Waals surface area contributed by atoms with Gasteiger partial charge in [0.15, 0.2) is 6.61 Å². The van der Waals surface area contributed by atoms with E-state index in [0.717, 1.165) is 29.7 Å². The molecule has 0 radical (unpaired) electrons. The molecule has 1 aromatic rings. The van der Waals surface area contributed by atoms with Crippen LogP contribution in [0.2, 0.25) is 0 Å². The number of ether oxygens (including phenoxy) is 1. The molecule has 1 saturated heterocycles. The van der Waals surface area contributed by atoms with Crippen LogP contribution >= 0.6 is 15.9 Å². The maximum Gasteiger partial charge on any atom is 0.260 e. The second-order valence-corrected chi connectivity index (χ2v) is 5.75. The van der Waals surface area contributed by atoms with Gasteiger partial charge in [0.05, 0.1) is 0 Å². The van der Waals surface area contributed by atoms with E-state index in [9.17, 15) is 4.79 Å². The Morgan fingerprint density at radius 3 is 2.83 bits per heavy atom. The van der Waals surface area contributed by atoms with E-state index >= 15 is 0 Å². The van der Waals surface area contributed by atoms with E-state index in [1.54, 1.807) is 0 Å². The summed E-state index contributed by atoms with van der Waals surface area (Å²) in [6.07, 6.45) is 2.32. The molecule has 1 heterocycles. The first-order chi connectivity index (χ1) is 8.65. The van der Waals surface area contributed by atoms with Crippen LogP contribution in [0.1, 0.15) is 19.8 Å². The van der Waals surface area contributed by atoms with Gasteiger partial charge in [-0.15, -0.1) is 0 Å². The normalized spacial score (nSPS) is 19.7.